The number of hydrogen-bond donors (Lipinski definition) is 0. The summed E-state index contributed by atoms with van der Waals surface area (Å²) < 4.78 is 32.9. The molecule has 0 amide bonds. The van der Waals surface area contributed by atoms with E-state index < -0.39 is 20.6 Å². The van der Waals surface area contributed by atoms with E-state index in [1.807, 2.05) is 0 Å². The van der Waals surface area contributed by atoms with Crippen molar-refractivity contribution in [1.82, 2.24) is 9.80 Å². The maximum atomic E-state index is 11.0. The summed E-state index contributed by atoms with van der Waals surface area (Å²) in [5.74, 6) is 2.42. The quantitative estimate of drug-likeness (QED) is 0.737. The molecule has 0 aromatic carbocycles. The van der Waals surface area contributed by atoms with Crippen LogP contribution >= 0.6 is 0 Å². The fraction of sp³-hybridized carbons (Fsp3) is 1.00. The lowest BCUT2D eigenvalue weighted by atomic mass is 10.3. The Kier molecular flexibility index (Phi) is 7.81. The summed E-state index contributed by atoms with van der Waals surface area (Å²) in [7, 11) is -3.21. The van der Waals surface area contributed by atoms with Gasteiger partial charge in [0.15, 0.2) is 9.84 Å². The fourth-order valence-electron chi connectivity index (χ4n) is 2.41. The van der Waals surface area contributed by atoms with Crippen molar-refractivity contribution in [1.29, 1.82) is 0 Å². The van der Waals surface area contributed by atoms with Crippen LogP contribution in [0.25, 0.3) is 0 Å². The molecule has 0 aliphatic carbocycles. The molecule has 2 heterocycles. The monoisotopic (exact) mass is 338 g/mol. The zero-order valence-electron chi connectivity index (χ0n) is 13.7. The molecule has 0 aromatic heterocycles. The van der Waals surface area contributed by atoms with Crippen LogP contribution in [0.2, 0.25) is 0 Å². The molecule has 2 rings (SSSR count). The molecule has 2 aliphatic rings. The summed E-state index contributed by atoms with van der Waals surface area (Å²) in [4.78, 5) is 4.57. The summed E-state index contributed by atoms with van der Waals surface area (Å²) in [6, 6.07) is 1.10. The van der Waals surface area contributed by atoms with Gasteiger partial charge in [-0.25, -0.2) is 8.42 Å². The molecule has 0 aromatic rings. The van der Waals surface area contributed by atoms with Crippen molar-refractivity contribution >= 4 is 20.6 Å². The van der Waals surface area contributed by atoms with Crippen LogP contribution in [-0.4, -0.2) is 83.7 Å². The zero-order chi connectivity index (χ0) is 16.0. The maximum absolute atomic E-state index is 11.0. The van der Waals surface area contributed by atoms with Crippen LogP contribution in [0.4, 0.5) is 0 Å². The summed E-state index contributed by atoms with van der Waals surface area (Å²) in [5, 5.41) is 0. The summed E-state index contributed by atoms with van der Waals surface area (Å²) in [5.41, 5.74) is 0. The molecule has 2 fully saturated rings. The van der Waals surface area contributed by atoms with Gasteiger partial charge in [-0.1, -0.05) is 0 Å². The van der Waals surface area contributed by atoms with Crippen LogP contribution in [0, 0.1) is 0 Å². The molecular weight excluding hydrogens is 308 g/mol. The minimum atomic E-state index is -2.69. The largest absolute Gasteiger partial charge is 0.299 e. The Labute approximate surface area is 132 Å². The highest BCUT2D eigenvalue weighted by molar-refractivity contribution is 7.91. The molecule has 0 radical (unpaired) electrons. The molecule has 5 nitrogen and oxygen atoms in total. The minimum absolute atomic E-state index is 0.338. The number of rotatable bonds is 2. The average molecular weight is 339 g/mol. The SMILES string of the molecule is CC(C)N1CCS(=O)(=O)CC1.CC(C)N1CCS(=O)CC1. The van der Waals surface area contributed by atoms with Crippen LogP contribution < -0.4 is 0 Å². The second-order valence-electron chi connectivity index (χ2n) is 6.26. The van der Waals surface area contributed by atoms with Gasteiger partial charge in [0, 0.05) is 60.6 Å². The summed E-state index contributed by atoms with van der Waals surface area (Å²) >= 11 is 0. The first-order valence-electron chi connectivity index (χ1n) is 7.75. The van der Waals surface area contributed by atoms with E-state index >= 15 is 0 Å². The summed E-state index contributed by atoms with van der Waals surface area (Å²) in [6.45, 7) is 12.0. The predicted molar refractivity (Wildman–Crippen MR) is 89.9 cm³/mol. The molecule has 2 saturated heterocycles. The minimum Gasteiger partial charge on any atom is -0.299 e. The number of nitrogens with zero attached hydrogens (tertiary/aromatic N) is 2. The van der Waals surface area contributed by atoms with E-state index in [0.29, 0.717) is 36.7 Å². The Morgan fingerprint density at radius 3 is 1.57 bits per heavy atom. The highest BCUT2D eigenvalue weighted by atomic mass is 32.2. The van der Waals surface area contributed by atoms with Gasteiger partial charge in [-0.2, -0.15) is 0 Å². The van der Waals surface area contributed by atoms with E-state index in [9.17, 15) is 12.6 Å². The van der Waals surface area contributed by atoms with Crippen molar-refractivity contribution in [2.75, 3.05) is 49.2 Å². The molecule has 0 bridgehead atoms. The lowest BCUT2D eigenvalue weighted by Crippen LogP contribution is -2.43. The first-order chi connectivity index (χ1) is 9.71. The highest BCUT2D eigenvalue weighted by Crippen LogP contribution is 2.06. The molecule has 0 unspecified atom stereocenters. The molecule has 126 valence electrons. The first kappa shape index (κ1) is 19.1. The second-order valence-corrected chi connectivity index (χ2v) is 10.3. The Hall–Kier alpha value is 0.0200. The lowest BCUT2D eigenvalue weighted by Gasteiger charge is -2.29. The van der Waals surface area contributed by atoms with E-state index in [1.165, 1.54) is 0 Å². The standard InChI is InChI=1S/C7H15NO2S.C7H15NOS/c1-7(2)8-3-5-11(9,10)6-4-8;1-7(2)8-3-5-10(9)6-4-8/h7H,3-6H2,1-2H3;7H,3-6H2,1-2H3. The van der Waals surface area contributed by atoms with Crippen LogP contribution in [-0.2, 0) is 20.6 Å². The van der Waals surface area contributed by atoms with Crippen molar-refractivity contribution < 1.29 is 12.6 Å². The van der Waals surface area contributed by atoms with Crippen molar-refractivity contribution in [2.45, 2.75) is 39.8 Å². The van der Waals surface area contributed by atoms with Crippen LogP contribution in [0.1, 0.15) is 27.7 Å². The normalized spacial score (nSPS) is 24.9. The molecule has 21 heavy (non-hydrogen) atoms. The third-order valence-electron chi connectivity index (χ3n) is 4.05. The Balaban J connectivity index is 0.000000211. The van der Waals surface area contributed by atoms with Gasteiger partial charge in [0.1, 0.15) is 0 Å². The molecular formula is C14H30N2O3S2. The van der Waals surface area contributed by atoms with Gasteiger partial charge in [0.25, 0.3) is 0 Å². The topological polar surface area (TPSA) is 57.7 Å². The van der Waals surface area contributed by atoms with E-state index in [0.717, 1.165) is 24.6 Å². The molecule has 7 heteroatoms. The highest BCUT2D eigenvalue weighted by Gasteiger charge is 2.22. The molecule has 0 spiro atoms. The van der Waals surface area contributed by atoms with Crippen molar-refractivity contribution in [3.63, 3.8) is 0 Å². The maximum Gasteiger partial charge on any atom is 0.152 e. The summed E-state index contributed by atoms with van der Waals surface area (Å²) in [6.07, 6.45) is 0. The Morgan fingerprint density at radius 1 is 0.810 bits per heavy atom. The van der Waals surface area contributed by atoms with E-state index in [-0.39, 0.29) is 0 Å². The Morgan fingerprint density at radius 2 is 1.19 bits per heavy atom. The van der Waals surface area contributed by atoms with Gasteiger partial charge < -0.3 is 0 Å². The van der Waals surface area contributed by atoms with Crippen LogP contribution in [0.15, 0.2) is 0 Å². The number of hydrogen-bond acceptors (Lipinski definition) is 5. The third-order valence-corrected chi connectivity index (χ3v) is 6.94. The van der Waals surface area contributed by atoms with Crippen molar-refractivity contribution in [3.8, 4) is 0 Å². The van der Waals surface area contributed by atoms with Gasteiger partial charge in [-0.3, -0.25) is 14.0 Å². The molecule has 0 atom stereocenters. The van der Waals surface area contributed by atoms with Gasteiger partial charge in [-0.15, -0.1) is 0 Å². The molecule has 2 aliphatic heterocycles. The second kappa shape index (κ2) is 8.60. The van der Waals surface area contributed by atoms with Gasteiger partial charge >= 0.3 is 0 Å². The zero-order valence-corrected chi connectivity index (χ0v) is 15.4. The van der Waals surface area contributed by atoms with Gasteiger partial charge in [0.05, 0.1) is 11.5 Å². The predicted octanol–water partition coefficient (Wildman–Crippen LogP) is 0.584. The van der Waals surface area contributed by atoms with E-state index in [4.69, 9.17) is 0 Å². The van der Waals surface area contributed by atoms with Gasteiger partial charge in [-0.05, 0) is 27.7 Å². The third kappa shape index (κ3) is 7.21. The molecule has 0 saturated carbocycles. The van der Waals surface area contributed by atoms with Crippen molar-refractivity contribution in [3.05, 3.63) is 0 Å². The molecule has 0 N–H and O–H groups in total. The van der Waals surface area contributed by atoms with Crippen molar-refractivity contribution in [2.24, 2.45) is 0 Å². The van der Waals surface area contributed by atoms with E-state index in [2.05, 4.69) is 37.5 Å². The first-order valence-corrected chi connectivity index (χ1v) is 11.1. The lowest BCUT2D eigenvalue weighted by molar-refractivity contribution is 0.240. The Bertz CT molecular complexity index is 412. The number of sulfone groups is 1. The average Bonchev–Trinajstić information content (AvgIpc) is 2.39. The smallest absolute Gasteiger partial charge is 0.152 e. The fourth-order valence-corrected chi connectivity index (χ4v) is 4.72. The van der Waals surface area contributed by atoms with E-state index in [1.54, 1.807) is 0 Å². The van der Waals surface area contributed by atoms with Gasteiger partial charge in [0.2, 0.25) is 0 Å². The van der Waals surface area contributed by atoms with Crippen LogP contribution in [0.3, 0.4) is 0 Å². The van der Waals surface area contributed by atoms with Crippen LogP contribution in [0.5, 0.6) is 0 Å².